The molecule has 0 aliphatic carbocycles. The zero-order chi connectivity index (χ0) is 10.2. The predicted octanol–water partition coefficient (Wildman–Crippen LogP) is 1.56. The molecule has 0 aromatic heterocycles. The molecule has 2 unspecified atom stereocenters. The van der Waals surface area contributed by atoms with Crippen molar-refractivity contribution in [3.05, 3.63) is 35.9 Å². The molecule has 1 aromatic carbocycles. The molecule has 1 aliphatic rings. The minimum Gasteiger partial charge on any atom is -0.326 e. The largest absolute Gasteiger partial charge is 0.326 e. The standard InChI is InChI=1S/C12H18N2/c1-12(10-6-4-3-5-7-10)11(13)8-9-14(12)2/h3-7,11H,8-9,13H2,1-2H3. The summed E-state index contributed by atoms with van der Waals surface area (Å²) in [5.74, 6) is 0. The summed E-state index contributed by atoms with van der Waals surface area (Å²) in [7, 11) is 2.15. The average Bonchev–Trinajstić information content (AvgIpc) is 2.49. The Hall–Kier alpha value is -0.860. The molecule has 0 saturated carbocycles. The van der Waals surface area contributed by atoms with Crippen molar-refractivity contribution >= 4 is 0 Å². The molecule has 0 amide bonds. The molecule has 1 heterocycles. The molecule has 1 saturated heterocycles. The van der Waals surface area contributed by atoms with Gasteiger partial charge >= 0.3 is 0 Å². The molecule has 0 bridgehead atoms. The molecule has 0 radical (unpaired) electrons. The van der Waals surface area contributed by atoms with E-state index in [1.54, 1.807) is 0 Å². The van der Waals surface area contributed by atoms with Gasteiger partial charge in [-0.25, -0.2) is 0 Å². The predicted molar refractivity (Wildman–Crippen MR) is 59.0 cm³/mol. The lowest BCUT2D eigenvalue weighted by molar-refractivity contribution is 0.181. The molecule has 1 fully saturated rings. The van der Waals surface area contributed by atoms with Crippen LogP contribution in [0.4, 0.5) is 0 Å². The molecule has 2 heteroatoms. The van der Waals surface area contributed by atoms with Crippen molar-refractivity contribution in [1.82, 2.24) is 4.90 Å². The monoisotopic (exact) mass is 190 g/mol. The minimum absolute atomic E-state index is 0.0151. The Morgan fingerprint density at radius 3 is 2.50 bits per heavy atom. The second-order valence-corrected chi connectivity index (χ2v) is 4.33. The van der Waals surface area contributed by atoms with Crippen molar-refractivity contribution in [2.75, 3.05) is 13.6 Å². The average molecular weight is 190 g/mol. The van der Waals surface area contributed by atoms with Gasteiger partial charge in [-0.1, -0.05) is 30.3 Å². The van der Waals surface area contributed by atoms with E-state index in [0.29, 0.717) is 0 Å². The van der Waals surface area contributed by atoms with E-state index in [2.05, 4.69) is 43.1 Å². The van der Waals surface area contributed by atoms with Crippen LogP contribution in [0.25, 0.3) is 0 Å². The first-order chi connectivity index (χ1) is 6.65. The van der Waals surface area contributed by atoms with E-state index in [4.69, 9.17) is 5.73 Å². The van der Waals surface area contributed by atoms with Crippen LogP contribution < -0.4 is 5.73 Å². The van der Waals surface area contributed by atoms with Crippen molar-refractivity contribution in [2.45, 2.75) is 24.9 Å². The molecule has 1 aliphatic heterocycles. The highest BCUT2D eigenvalue weighted by molar-refractivity contribution is 5.27. The maximum Gasteiger partial charge on any atom is 0.0582 e. The first kappa shape index (κ1) is 9.69. The Labute approximate surface area is 85.7 Å². The molecule has 1 aromatic rings. The summed E-state index contributed by atoms with van der Waals surface area (Å²) in [6.07, 6.45) is 1.09. The Morgan fingerprint density at radius 2 is 2.00 bits per heavy atom. The summed E-state index contributed by atoms with van der Waals surface area (Å²) >= 11 is 0. The van der Waals surface area contributed by atoms with Gasteiger partial charge < -0.3 is 5.73 Å². The lowest BCUT2D eigenvalue weighted by Gasteiger charge is -2.36. The molecule has 2 rings (SSSR count). The van der Waals surface area contributed by atoms with Crippen LogP contribution >= 0.6 is 0 Å². The van der Waals surface area contributed by atoms with E-state index in [9.17, 15) is 0 Å². The van der Waals surface area contributed by atoms with Gasteiger partial charge in [0.15, 0.2) is 0 Å². The van der Waals surface area contributed by atoms with Crippen molar-refractivity contribution in [3.8, 4) is 0 Å². The van der Waals surface area contributed by atoms with E-state index in [1.165, 1.54) is 5.56 Å². The first-order valence-corrected chi connectivity index (χ1v) is 5.18. The van der Waals surface area contributed by atoms with Crippen LogP contribution in [0.2, 0.25) is 0 Å². The second kappa shape index (κ2) is 3.37. The smallest absolute Gasteiger partial charge is 0.0582 e. The van der Waals surface area contributed by atoms with Crippen LogP contribution in [-0.2, 0) is 5.54 Å². The van der Waals surface area contributed by atoms with Crippen molar-refractivity contribution in [2.24, 2.45) is 5.73 Å². The van der Waals surface area contributed by atoms with Crippen molar-refractivity contribution in [1.29, 1.82) is 0 Å². The Kier molecular flexibility index (Phi) is 2.33. The molecule has 2 N–H and O–H groups in total. The molecular formula is C12H18N2. The van der Waals surface area contributed by atoms with Gasteiger partial charge in [0.1, 0.15) is 0 Å². The zero-order valence-corrected chi connectivity index (χ0v) is 8.90. The minimum atomic E-state index is 0.0151. The van der Waals surface area contributed by atoms with Crippen LogP contribution in [-0.4, -0.2) is 24.5 Å². The number of nitrogens with two attached hydrogens (primary N) is 1. The highest BCUT2D eigenvalue weighted by Crippen LogP contribution is 2.35. The molecule has 14 heavy (non-hydrogen) atoms. The Morgan fingerprint density at radius 1 is 1.36 bits per heavy atom. The van der Waals surface area contributed by atoms with Gasteiger partial charge in [-0.2, -0.15) is 0 Å². The van der Waals surface area contributed by atoms with Gasteiger partial charge in [-0.05, 0) is 26.0 Å². The molecule has 76 valence electrons. The van der Waals surface area contributed by atoms with Gasteiger partial charge in [0.25, 0.3) is 0 Å². The third-order valence-electron chi connectivity index (χ3n) is 3.65. The number of likely N-dealkylation sites (tertiary alicyclic amines) is 1. The van der Waals surface area contributed by atoms with E-state index in [1.807, 2.05) is 6.07 Å². The van der Waals surface area contributed by atoms with Crippen LogP contribution in [0.15, 0.2) is 30.3 Å². The number of nitrogens with zero attached hydrogens (tertiary/aromatic N) is 1. The van der Waals surface area contributed by atoms with Crippen LogP contribution in [0.5, 0.6) is 0 Å². The highest BCUT2D eigenvalue weighted by Gasteiger charge is 2.42. The Balaban J connectivity index is 2.40. The van der Waals surface area contributed by atoms with Gasteiger partial charge in [0.05, 0.1) is 5.54 Å². The quantitative estimate of drug-likeness (QED) is 0.728. The number of hydrogen-bond acceptors (Lipinski definition) is 2. The summed E-state index contributed by atoms with van der Waals surface area (Å²) < 4.78 is 0. The van der Waals surface area contributed by atoms with Gasteiger partial charge in [0, 0.05) is 12.6 Å². The van der Waals surface area contributed by atoms with Gasteiger partial charge in [-0.15, -0.1) is 0 Å². The fourth-order valence-corrected chi connectivity index (χ4v) is 2.34. The molecule has 2 nitrogen and oxygen atoms in total. The number of hydrogen-bond donors (Lipinski definition) is 1. The fourth-order valence-electron chi connectivity index (χ4n) is 2.34. The number of benzene rings is 1. The SMILES string of the molecule is CN1CCC(N)C1(C)c1ccccc1. The highest BCUT2D eigenvalue weighted by atomic mass is 15.2. The molecular weight excluding hydrogens is 172 g/mol. The van der Waals surface area contributed by atoms with Crippen LogP contribution in [0.3, 0.4) is 0 Å². The van der Waals surface area contributed by atoms with Crippen molar-refractivity contribution < 1.29 is 0 Å². The van der Waals surface area contributed by atoms with E-state index in [0.717, 1.165) is 13.0 Å². The number of likely N-dealkylation sites (N-methyl/N-ethyl adjacent to an activating group) is 1. The maximum absolute atomic E-state index is 6.19. The van der Waals surface area contributed by atoms with Crippen molar-refractivity contribution in [3.63, 3.8) is 0 Å². The topological polar surface area (TPSA) is 29.3 Å². The molecule has 2 atom stereocenters. The van der Waals surface area contributed by atoms with Gasteiger partial charge in [-0.3, -0.25) is 4.90 Å². The van der Waals surface area contributed by atoms with E-state index < -0.39 is 0 Å². The van der Waals surface area contributed by atoms with Crippen LogP contribution in [0, 0.1) is 0 Å². The second-order valence-electron chi connectivity index (χ2n) is 4.33. The third kappa shape index (κ3) is 1.26. The maximum atomic E-state index is 6.19. The van der Waals surface area contributed by atoms with E-state index in [-0.39, 0.29) is 11.6 Å². The summed E-state index contributed by atoms with van der Waals surface area (Å²) in [4.78, 5) is 2.35. The zero-order valence-electron chi connectivity index (χ0n) is 8.90. The lowest BCUT2D eigenvalue weighted by Crippen LogP contribution is -2.46. The Bertz CT molecular complexity index is 297. The normalized spacial score (nSPS) is 33.5. The third-order valence-corrected chi connectivity index (χ3v) is 3.65. The summed E-state index contributed by atoms with van der Waals surface area (Å²) in [5.41, 5.74) is 7.54. The first-order valence-electron chi connectivity index (χ1n) is 5.18. The molecule has 0 spiro atoms. The summed E-state index contributed by atoms with van der Waals surface area (Å²) in [6.45, 7) is 3.33. The number of rotatable bonds is 1. The fraction of sp³-hybridized carbons (Fsp3) is 0.500. The van der Waals surface area contributed by atoms with Gasteiger partial charge in [0.2, 0.25) is 0 Å². The van der Waals surface area contributed by atoms with E-state index >= 15 is 0 Å². The van der Waals surface area contributed by atoms with Crippen LogP contribution in [0.1, 0.15) is 18.9 Å². The lowest BCUT2D eigenvalue weighted by atomic mass is 9.86. The summed E-state index contributed by atoms with van der Waals surface area (Å²) in [5, 5.41) is 0. The summed E-state index contributed by atoms with van der Waals surface area (Å²) in [6, 6.07) is 10.8.